The lowest BCUT2D eigenvalue weighted by atomic mass is 10.2. The summed E-state index contributed by atoms with van der Waals surface area (Å²) < 4.78 is 5.09. The van der Waals surface area contributed by atoms with Gasteiger partial charge in [-0.3, -0.25) is 5.32 Å². The van der Waals surface area contributed by atoms with Gasteiger partial charge in [0.05, 0.1) is 12.1 Å². The average molecular weight is 286 g/mol. The number of carbonyl (C=O) groups is 1. The molecule has 0 atom stereocenters. The van der Waals surface area contributed by atoms with Gasteiger partial charge in [-0.15, -0.1) is 10.2 Å². The summed E-state index contributed by atoms with van der Waals surface area (Å²) in [7, 11) is 1.55. The highest BCUT2D eigenvalue weighted by Gasteiger charge is 2.12. The molecule has 0 bridgehead atoms. The SMILES string of the molecule is COc1ccc(Cl)c(-c2nnc(NC(=O)O)s2)c1. The molecule has 2 rings (SSSR count). The molecule has 0 aliphatic rings. The lowest BCUT2D eigenvalue weighted by Gasteiger charge is -2.03. The second-order valence-electron chi connectivity index (χ2n) is 3.19. The Bertz CT molecular complexity index is 587. The van der Waals surface area contributed by atoms with Crippen LogP contribution in [0.4, 0.5) is 9.93 Å². The minimum absolute atomic E-state index is 0.191. The maximum absolute atomic E-state index is 10.5. The summed E-state index contributed by atoms with van der Waals surface area (Å²) in [6.45, 7) is 0. The van der Waals surface area contributed by atoms with Gasteiger partial charge in [0.25, 0.3) is 0 Å². The van der Waals surface area contributed by atoms with Crippen molar-refractivity contribution in [3.63, 3.8) is 0 Å². The van der Waals surface area contributed by atoms with Crippen molar-refractivity contribution in [3.05, 3.63) is 23.2 Å². The molecule has 0 aliphatic carbocycles. The van der Waals surface area contributed by atoms with E-state index in [-0.39, 0.29) is 5.13 Å². The largest absolute Gasteiger partial charge is 0.497 e. The topological polar surface area (TPSA) is 84.3 Å². The first-order chi connectivity index (χ1) is 8.60. The van der Waals surface area contributed by atoms with Crippen LogP contribution in [-0.4, -0.2) is 28.5 Å². The molecule has 0 fully saturated rings. The molecule has 0 saturated carbocycles. The zero-order valence-corrected chi connectivity index (χ0v) is 10.7. The summed E-state index contributed by atoms with van der Waals surface area (Å²) in [5.41, 5.74) is 0.645. The Kier molecular flexibility index (Phi) is 3.63. The number of carboxylic acid groups (broad SMARTS) is 1. The van der Waals surface area contributed by atoms with Crippen LogP contribution >= 0.6 is 22.9 Å². The average Bonchev–Trinajstić information content (AvgIpc) is 2.77. The Morgan fingerprint density at radius 2 is 2.28 bits per heavy atom. The highest BCUT2D eigenvalue weighted by atomic mass is 35.5. The van der Waals surface area contributed by atoms with Gasteiger partial charge in [-0.2, -0.15) is 0 Å². The van der Waals surface area contributed by atoms with Crippen molar-refractivity contribution in [2.75, 3.05) is 12.4 Å². The molecule has 1 heterocycles. The smallest absolute Gasteiger partial charge is 0.411 e. The van der Waals surface area contributed by atoms with E-state index in [0.717, 1.165) is 11.3 Å². The van der Waals surface area contributed by atoms with Crippen LogP contribution in [0.25, 0.3) is 10.6 Å². The maximum Gasteiger partial charge on any atom is 0.411 e. The first-order valence-electron chi connectivity index (χ1n) is 4.77. The van der Waals surface area contributed by atoms with Crippen molar-refractivity contribution in [2.45, 2.75) is 0 Å². The molecule has 94 valence electrons. The summed E-state index contributed by atoms with van der Waals surface area (Å²) in [6.07, 6.45) is -1.19. The molecule has 0 saturated heterocycles. The molecule has 2 N–H and O–H groups in total. The summed E-state index contributed by atoms with van der Waals surface area (Å²) in [6, 6.07) is 5.12. The summed E-state index contributed by atoms with van der Waals surface area (Å²) in [5, 5.41) is 19.5. The van der Waals surface area contributed by atoms with Crippen LogP contribution < -0.4 is 10.1 Å². The lowest BCUT2D eigenvalue weighted by molar-refractivity contribution is 0.209. The monoisotopic (exact) mass is 285 g/mol. The van der Waals surface area contributed by atoms with Crippen molar-refractivity contribution in [1.82, 2.24) is 10.2 Å². The molecular weight excluding hydrogens is 278 g/mol. The molecule has 6 nitrogen and oxygen atoms in total. The van der Waals surface area contributed by atoms with Gasteiger partial charge in [-0.1, -0.05) is 22.9 Å². The van der Waals surface area contributed by atoms with Crippen molar-refractivity contribution in [3.8, 4) is 16.3 Å². The van der Waals surface area contributed by atoms with E-state index in [4.69, 9.17) is 21.4 Å². The van der Waals surface area contributed by atoms with Crippen molar-refractivity contribution in [2.24, 2.45) is 0 Å². The number of amides is 1. The fraction of sp³-hybridized carbons (Fsp3) is 0.100. The van der Waals surface area contributed by atoms with Gasteiger partial charge >= 0.3 is 6.09 Å². The minimum Gasteiger partial charge on any atom is -0.497 e. The molecule has 8 heteroatoms. The zero-order valence-electron chi connectivity index (χ0n) is 9.18. The van der Waals surface area contributed by atoms with Crippen molar-refractivity contribution in [1.29, 1.82) is 0 Å². The number of nitrogens with zero attached hydrogens (tertiary/aromatic N) is 2. The maximum atomic E-state index is 10.5. The first-order valence-corrected chi connectivity index (χ1v) is 5.97. The third kappa shape index (κ3) is 2.69. The van der Waals surface area contributed by atoms with Crippen LogP contribution in [0.15, 0.2) is 18.2 Å². The highest BCUT2D eigenvalue weighted by molar-refractivity contribution is 7.18. The molecule has 2 aromatic rings. The van der Waals surface area contributed by atoms with E-state index in [1.165, 1.54) is 0 Å². The van der Waals surface area contributed by atoms with Gasteiger partial charge in [0.2, 0.25) is 5.13 Å². The molecule has 0 radical (unpaired) electrons. The standard InChI is InChI=1S/C10H8ClN3O3S/c1-17-5-2-3-7(11)6(4-5)8-13-14-9(18-8)12-10(15)16/h2-4H,1H3,(H,12,14)(H,15,16). The number of hydrogen-bond acceptors (Lipinski definition) is 5. The number of rotatable bonds is 3. The Morgan fingerprint density at radius 1 is 1.50 bits per heavy atom. The second kappa shape index (κ2) is 5.19. The molecule has 1 aromatic heterocycles. The van der Waals surface area contributed by atoms with Crippen LogP contribution in [0.5, 0.6) is 5.75 Å². The molecule has 1 amide bonds. The van der Waals surface area contributed by atoms with Crippen LogP contribution in [0.3, 0.4) is 0 Å². The lowest BCUT2D eigenvalue weighted by Crippen LogP contribution is -2.06. The van der Waals surface area contributed by atoms with Crippen LogP contribution in [0.2, 0.25) is 5.02 Å². The molecule has 0 unspecified atom stereocenters. The van der Waals surface area contributed by atoms with Crippen LogP contribution in [0.1, 0.15) is 0 Å². The van der Waals surface area contributed by atoms with Gasteiger partial charge in [0.1, 0.15) is 5.75 Å². The van der Waals surface area contributed by atoms with Crippen molar-refractivity contribution >= 4 is 34.2 Å². The Labute approximate surface area is 111 Å². The van der Waals surface area contributed by atoms with E-state index in [1.807, 2.05) is 0 Å². The quantitative estimate of drug-likeness (QED) is 0.905. The molecule has 0 aliphatic heterocycles. The number of anilines is 1. The number of nitrogens with one attached hydrogen (secondary N) is 1. The molecule has 1 aromatic carbocycles. The molecule has 0 spiro atoms. The van der Waals surface area contributed by atoms with Gasteiger partial charge in [0, 0.05) is 5.56 Å². The predicted octanol–water partition coefficient (Wildman–Crippen LogP) is 2.96. The normalized spacial score (nSPS) is 10.1. The van der Waals surface area contributed by atoms with Crippen molar-refractivity contribution < 1.29 is 14.6 Å². The highest BCUT2D eigenvalue weighted by Crippen LogP contribution is 2.34. The van der Waals surface area contributed by atoms with E-state index in [0.29, 0.717) is 21.3 Å². The second-order valence-corrected chi connectivity index (χ2v) is 4.57. The summed E-state index contributed by atoms with van der Waals surface area (Å²) >= 11 is 7.14. The number of benzene rings is 1. The van der Waals surface area contributed by atoms with E-state index in [1.54, 1.807) is 25.3 Å². The summed E-state index contributed by atoms with van der Waals surface area (Å²) in [4.78, 5) is 10.5. The number of ether oxygens (including phenoxy) is 1. The first kappa shape index (κ1) is 12.6. The number of hydrogen-bond donors (Lipinski definition) is 2. The van der Waals surface area contributed by atoms with E-state index in [2.05, 4.69) is 15.5 Å². The number of methoxy groups -OCH3 is 1. The Morgan fingerprint density at radius 3 is 2.94 bits per heavy atom. The van der Waals surface area contributed by atoms with Gasteiger partial charge in [-0.25, -0.2) is 4.79 Å². The minimum atomic E-state index is -1.19. The van der Waals surface area contributed by atoms with E-state index < -0.39 is 6.09 Å². The van der Waals surface area contributed by atoms with Crippen LogP contribution in [0, 0.1) is 0 Å². The zero-order chi connectivity index (χ0) is 13.1. The van der Waals surface area contributed by atoms with E-state index >= 15 is 0 Å². The fourth-order valence-electron chi connectivity index (χ4n) is 1.27. The molecule has 18 heavy (non-hydrogen) atoms. The van der Waals surface area contributed by atoms with Gasteiger partial charge in [0.15, 0.2) is 5.01 Å². The van der Waals surface area contributed by atoms with Gasteiger partial charge in [-0.05, 0) is 18.2 Å². The fourth-order valence-corrected chi connectivity index (χ4v) is 2.30. The third-order valence-corrected chi connectivity index (χ3v) is 3.24. The number of aromatic nitrogens is 2. The number of halogens is 1. The Balaban J connectivity index is 2.36. The Hall–Kier alpha value is -1.86. The van der Waals surface area contributed by atoms with E-state index in [9.17, 15) is 4.79 Å². The predicted molar refractivity (Wildman–Crippen MR) is 68.6 cm³/mol. The molecular formula is C10H8ClN3O3S. The van der Waals surface area contributed by atoms with Gasteiger partial charge < -0.3 is 9.84 Å². The summed E-state index contributed by atoms with van der Waals surface area (Å²) in [5.74, 6) is 0.636. The third-order valence-electron chi connectivity index (χ3n) is 2.04. The van der Waals surface area contributed by atoms with Crippen LogP contribution in [-0.2, 0) is 0 Å².